The van der Waals surface area contributed by atoms with Crippen LogP contribution in [0.4, 0.5) is 10.5 Å². The molecule has 0 aliphatic rings. The van der Waals surface area contributed by atoms with E-state index in [4.69, 9.17) is 5.11 Å². The lowest BCUT2D eigenvalue weighted by atomic mass is 10.1. The van der Waals surface area contributed by atoms with E-state index in [0.29, 0.717) is 0 Å². The minimum absolute atomic E-state index is 0.0237. The van der Waals surface area contributed by atoms with Gasteiger partial charge in [0, 0.05) is 34.9 Å². The largest absolute Gasteiger partial charge is 0.396 e. The molecule has 0 radical (unpaired) electrons. The molecule has 5 nitrogen and oxygen atoms in total. The zero-order chi connectivity index (χ0) is 14.7. The number of rotatable bonds is 4. The standard InChI is InChI=1S/C15H21N3O2/c1-9(8-19)11(3)17-15(20)18-13-4-5-14-12(7-13)6-10(2)16-14/h4-7,9,11,16,19H,8H2,1-3H3,(H2,17,18,20). The summed E-state index contributed by atoms with van der Waals surface area (Å²) in [4.78, 5) is 15.1. The Hall–Kier alpha value is -2.01. The molecule has 1 aromatic heterocycles. The van der Waals surface area contributed by atoms with Gasteiger partial charge >= 0.3 is 6.03 Å². The first-order chi connectivity index (χ1) is 9.49. The molecular weight excluding hydrogens is 254 g/mol. The van der Waals surface area contributed by atoms with Crippen LogP contribution in [0.3, 0.4) is 0 Å². The number of hydrogen-bond acceptors (Lipinski definition) is 2. The van der Waals surface area contributed by atoms with E-state index < -0.39 is 0 Å². The van der Waals surface area contributed by atoms with Gasteiger partial charge < -0.3 is 20.7 Å². The zero-order valence-electron chi connectivity index (χ0n) is 12.0. The molecule has 2 unspecified atom stereocenters. The Bertz CT molecular complexity index is 606. The number of aromatic amines is 1. The molecule has 1 heterocycles. The van der Waals surface area contributed by atoms with Gasteiger partial charge in [0.05, 0.1) is 0 Å². The van der Waals surface area contributed by atoms with Crippen molar-refractivity contribution in [3.63, 3.8) is 0 Å². The van der Waals surface area contributed by atoms with Crippen LogP contribution in [-0.2, 0) is 0 Å². The molecule has 0 bridgehead atoms. The van der Waals surface area contributed by atoms with Crippen LogP contribution >= 0.6 is 0 Å². The Labute approximate surface area is 118 Å². The minimum Gasteiger partial charge on any atom is -0.396 e. The van der Waals surface area contributed by atoms with Gasteiger partial charge in [-0.3, -0.25) is 0 Å². The Kier molecular flexibility index (Phi) is 4.29. The van der Waals surface area contributed by atoms with Crippen LogP contribution in [0.1, 0.15) is 19.5 Å². The SMILES string of the molecule is Cc1cc2cc(NC(=O)NC(C)C(C)CO)ccc2[nH]1. The average Bonchev–Trinajstić information content (AvgIpc) is 2.76. The Balaban J connectivity index is 2.02. The molecule has 0 saturated heterocycles. The molecule has 2 rings (SSSR count). The fourth-order valence-electron chi connectivity index (χ4n) is 2.03. The molecule has 2 amide bonds. The van der Waals surface area contributed by atoms with Gasteiger partial charge in [-0.1, -0.05) is 6.92 Å². The third kappa shape index (κ3) is 3.30. The summed E-state index contributed by atoms with van der Waals surface area (Å²) < 4.78 is 0. The van der Waals surface area contributed by atoms with Gasteiger partial charge in [0.15, 0.2) is 0 Å². The van der Waals surface area contributed by atoms with Gasteiger partial charge in [0.1, 0.15) is 0 Å². The van der Waals surface area contributed by atoms with E-state index in [1.165, 1.54) is 0 Å². The summed E-state index contributed by atoms with van der Waals surface area (Å²) in [5.74, 6) is 0.0237. The first-order valence-corrected chi connectivity index (χ1v) is 6.77. The Morgan fingerprint density at radius 3 is 2.80 bits per heavy atom. The van der Waals surface area contributed by atoms with Crippen LogP contribution in [0.15, 0.2) is 24.3 Å². The number of carbonyl (C=O) groups is 1. The lowest BCUT2D eigenvalue weighted by Gasteiger charge is -2.19. The molecule has 20 heavy (non-hydrogen) atoms. The number of fused-ring (bicyclic) bond motifs is 1. The van der Waals surface area contributed by atoms with Crippen molar-refractivity contribution in [2.45, 2.75) is 26.8 Å². The van der Waals surface area contributed by atoms with Crippen LogP contribution in [0.5, 0.6) is 0 Å². The molecule has 0 saturated carbocycles. The summed E-state index contributed by atoms with van der Waals surface area (Å²) in [5.41, 5.74) is 2.89. The second kappa shape index (κ2) is 5.96. The van der Waals surface area contributed by atoms with E-state index in [0.717, 1.165) is 22.3 Å². The summed E-state index contributed by atoms with van der Waals surface area (Å²) in [5, 5.41) is 15.7. The Morgan fingerprint density at radius 2 is 2.10 bits per heavy atom. The number of aromatic nitrogens is 1. The second-order valence-corrected chi connectivity index (χ2v) is 5.30. The normalized spacial score (nSPS) is 14.0. The number of H-pyrrole nitrogens is 1. The van der Waals surface area contributed by atoms with Crippen LogP contribution in [-0.4, -0.2) is 28.8 Å². The molecule has 2 atom stereocenters. The van der Waals surface area contributed by atoms with Crippen molar-refractivity contribution >= 4 is 22.6 Å². The van der Waals surface area contributed by atoms with E-state index in [9.17, 15) is 4.79 Å². The third-order valence-electron chi connectivity index (χ3n) is 3.51. The predicted octanol–water partition coefficient (Wildman–Crippen LogP) is 2.61. The van der Waals surface area contributed by atoms with E-state index in [1.54, 1.807) is 0 Å². The van der Waals surface area contributed by atoms with E-state index in [-0.39, 0.29) is 24.6 Å². The third-order valence-corrected chi connectivity index (χ3v) is 3.51. The number of aliphatic hydroxyl groups is 1. The Morgan fingerprint density at radius 1 is 1.35 bits per heavy atom. The molecule has 5 heteroatoms. The summed E-state index contributed by atoms with van der Waals surface area (Å²) in [6, 6.07) is 7.42. The topological polar surface area (TPSA) is 77.2 Å². The number of benzene rings is 1. The number of aryl methyl sites for hydroxylation is 1. The van der Waals surface area contributed by atoms with E-state index in [2.05, 4.69) is 15.6 Å². The van der Waals surface area contributed by atoms with Crippen molar-refractivity contribution in [3.05, 3.63) is 30.0 Å². The maximum absolute atomic E-state index is 11.9. The number of urea groups is 1. The molecule has 4 N–H and O–H groups in total. The zero-order valence-corrected chi connectivity index (χ0v) is 12.0. The first-order valence-electron chi connectivity index (χ1n) is 6.77. The smallest absolute Gasteiger partial charge is 0.319 e. The van der Waals surface area contributed by atoms with Gasteiger partial charge in [0.25, 0.3) is 0 Å². The number of anilines is 1. The average molecular weight is 275 g/mol. The van der Waals surface area contributed by atoms with E-state index in [1.807, 2.05) is 45.0 Å². The minimum atomic E-state index is -0.260. The van der Waals surface area contributed by atoms with Crippen molar-refractivity contribution in [1.29, 1.82) is 0 Å². The fourth-order valence-corrected chi connectivity index (χ4v) is 2.03. The highest BCUT2D eigenvalue weighted by Crippen LogP contribution is 2.19. The summed E-state index contributed by atoms with van der Waals surface area (Å²) >= 11 is 0. The summed E-state index contributed by atoms with van der Waals surface area (Å²) in [6.45, 7) is 5.81. The molecule has 0 spiro atoms. The molecule has 108 valence electrons. The second-order valence-electron chi connectivity index (χ2n) is 5.30. The quantitative estimate of drug-likeness (QED) is 0.692. The predicted molar refractivity (Wildman–Crippen MR) is 80.9 cm³/mol. The van der Waals surface area contributed by atoms with Crippen molar-refractivity contribution in [3.8, 4) is 0 Å². The van der Waals surface area contributed by atoms with Gasteiger partial charge in [-0.05, 0) is 44.0 Å². The van der Waals surface area contributed by atoms with Crippen molar-refractivity contribution in [2.24, 2.45) is 5.92 Å². The van der Waals surface area contributed by atoms with Gasteiger partial charge in [-0.2, -0.15) is 0 Å². The summed E-state index contributed by atoms with van der Waals surface area (Å²) in [6.07, 6.45) is 0. The van der Waals surface area contributed by atoms with Gasteiger partial charge in [-0.25, -0.2) is 4.79 Å². The number of hydrogen-bond donors (Lipinski definition) is 4. The van der Waals surface area contributed by atoms with Crippen LogP contribution in [0.2, 0.25) is 0 Å². The highest BCUT2D eigenvalue weighted by Gasteiger charge is 2.13. The van der Waals surface area contributed by atoms with Gasteiger partial charge in [0.2, 0.25) is 0 Å². The van der Waals surface area contributed by atoms with E-state index >= 15 is 0 Å². The fraction of sp³-hybridized carbons (Fsp3) is 0.400. The van der Waals surface area contributed by atoms with Crippen molar-refractivity contribution in [2.75, 3.05) is 11.9 Å². The van der Waals surface area contributed by atoms with Crippen molar-refractivity contribution in [1.82, 2.24) is 10.3 Å². The molecule has 0 fully saturated rings. The molecule has 0 aliphatic heterocycles. The van der Waals surface area contributed by atoms with Crippen LogP contribution < -0.4 is 10.6 Å². The van der Waals surface area contributed by atoms with Crippen LogP contribution in [0, 0.1) is 12.8 Å². The van der Waals surface area contributed by atoms with Gasteiger partial charge in [-0.15, -0.1) is 0 Å². The lowest BCUT2D eigenvalue weighted by molar-refractivity contribution is 0.204. The highest BCUT2D eigenvalue weighted by atomic mass is 16.3. The molecular formula is C15H21N3O2. The molecule has 1 aromatic carbocycles. The number of aliphatic hydroxyl groups excluding tert-OH is 1. The summed E-state index contributed by atoms with van der Waals surface area (Å²) in [7, 11) is 0. The number of amides is 2. The van der Waals surface area contributed by atoms with Crippen LogP contribution in [0.25, 0.3) is 10.9 Å². The number of carbonyl (C=O) groups excluding carboxylic acids is 1. The van der Waals surface area contributed by atoms with Crippen molar-refractivity contribution < 1.29 is 9.90 Å². The monoisotopic (exact) mass is 275 g/mol. The number of nitrogens with one attached hydrogen (secondary N) is 3. The molecule has 2 aromatic rings. The maximum atomic E-state index is 11.9. The molecule has 0 aliphatic carbocycles. The first kappa shape index (κ1) is 14.4. The highest BCUT2D eigenvalue weighted by molar-refractivity contribution is 5.93. The lowest BCUT2D eigenvalue weighted by Crippen LogP contribution is -2.40. The maximum Gasteiger partial charge on any atom is 0.319 e.